The Kier molecular flexibility index (Phi) is 4.46. The average molecular weight is 315 g/mol. The van der Waals surface area contributed by atoms with Crippen LogP contribution < -0.4 is 10.1 Å². The van der Waals surface area contributed by atoms with Gasteiger partial charge in [0.15, 0.2) is 0 Å². The summed E-state index contributed by atoms with van der Waals surface area (Å²) in [4.78, 5) is 2.26. The van der Waals surface area contributed by atoms with Gasteiger partial charge in [0.05, 0.1) is 12.7 Å². The lowest BCUT2D eigenvalue weighted by Crippen LogP contribution is -2.11. The number of hydrogen-bond acceptors (Lipinski definition) is 3. The van der Waals surface area contributed by atoms with E-state index in [1.807, 2.05) is 19.9 Å². The van der Waals surface area contributed by atoms with Crippen LogP contribution in [0, 0.1) is 13.8 Å². The summed E-state index contributed by atoms with van der Waals surface area (Å²) < 4.78 is 44.1. The Morgan fingerprint density at radius 2 is 1.90 bits per heavy atom. The molecule has 1 N–H and O–H groups in total. The summed E-state index contributed by atoms with van der Waals surface area (Å²) in [5.74, 6) is 0.190. The van der Waals surface area contributed by atoms with E-state index in [-0.39, 0.29) is 11.4 Å². The number of thiophene rings is 1. The second-order valence-electron chi connectivity index (χ2n) is 4.70. The zero-order valence-corrected chi connectivity index (χ0v) is 12.8. The maximum Gasteiger partial charge on any atom is 0.418 e. The Morgan fingerprint density at radius 3 is 2.43 bits per heavy atom. The maximum absolute atomic E-state index is 13.1. The van der Waals surface area contributed by atoms with Gasteiger partial charge in [0.1, 0.15) is 5.75 Å². The highest BCUT2D eigenvalue weighted by atomic mass is 32.1. The molecule has 21 heavy (non-hydrogen) atoms. The van der Waals surface area contributed by atoms with Crippen molar-refractivity contribution in [2.75, 3.05) is 12.4 Å². The number of hydrogen-bond donors (Lipinski definition) is 1. The van der Waals surface area contributed by atoms with E-state index in [2.05, 4.69) is 5.32 Å². The molecule has 114 valence electrons. The number of ether oxygens (including phenoxy) is 1. The lowest BCUT2D eigenvalue weighted by atomic mass is 10.1. The highest BCUT2D eigenvalue weighted by Crippen LogP contribution is 2.37. The van der Waals surface area contributed by atoms with Crippen molar-refractivity contribution in [1.29, 1.82) is 0 Å². The highest BCUT2D eigenvalue weighted by molar-refractivity contribution is 7.12. The van der Waals surface area contributed by atoms with E-state index >= 15 is 0 Å². The lowest BCUT2D eigenvalue weighted by molar-refractivity contribution is -0.137. The van der Waals surface area contributed by atoms with Crippen LogP contribution in [0.1, 0.15) is 20.9 Å². The SMILES string of the molecule is COc1ccc(NCc2cc(C)sc2C)c(C(F)(F)F)c1. The quantitative estimate of drug-likeness (QED) is 0.857. The van der Waals surface area contributed by atoms with Crippen LogP contribution in [0.3, 0.4) is 0 Å². The lowest BCUT2D eigenvalue weighted by Gasteiger charge is -2.15. The number of aryl methyl sites for hydroxylation is 2. The highest BCUT2D eigenvalue weighted by Gasteiger charge is 2.34. The molecule has 0 saturated carbocycles. The minimum absolute atomic E-state index is 0.0616. The van der Waals surface area contributed by atoms with E-state index in [0.29, 0.717) is 6.54 Å². The van der Waals surface area contributed by atoms with Crippen LogP contribution in [-0.2, 0) is 12.7 Å². The topological polar surface area (TPSA) is 21.3 Å². The Morgan fingerprint density at radius 1 is 1.19 bits per heavy atom. The number of methoxy groups -OCH3 is 1. The molecule has 0 amide bonds. The standard InChI is InChI=1S/C15H16F3NOS/c1-9-6-11(10(2)21-9)8-19-14-5-4-12(20-3)7-13(14)15(16,17)18/h4-7,19H,8H2,1-3H3. The van der Waals surface area contributed by atoms with Gasteiger partial charge in [-0.25, -0.2) is 0 Å². The van der Waals surface area contributed by atoms with Crippen LogP contribution in [-0.4, -0.2) is 7.11 Å². The fraction of sp³-hybridized carbons (Fsp3) is 0.333. The van der Waals surface area contributed by atoms with Crippen LogP contribution in [0.25, 0.3) is 0 Å². The summed E-state index contributed by atoms with van der Waals surface area (Å²) in [7, 11) is 1.35. The second kappa shape index (κ2) is 5.97. The minimum atomic E-state index is -4.42. The van der Waals surface area contributed by atoms with E-state index < -0.39 is 11.7 Å². The average Bonchev–Trinajstić information content (AvgIpc) is 2.73. The number of benzene rings is 1. The molecule has 0 fully saturated rings. The van der Waals surface area contributed by atoms with Gasteiger partial charge in [0.25, 0.3) is 0 Å². The molecule has 0 saturated heterocycles. The Balaban J connectivity index is 2.25. The van der Waals surface area contributed by atoms with Crippen LogP contribution in [0.15, 0.2) is 24.3 Å². The summed E-state index contributed by atoms with van der Waals surface area (Å²) in [5.41, 5.74) is 0.361. The largest absolute Gasteiger partial charge is 0.497 e. The van der Waals surface area contributed by atoms with Crippen molar-refractivity contribution >= 4 is 17.0 Å². The van der Waals surface area contributed by atoms with Gasteiger partial charge in [-0.1, -0.05) is 0 Å². The van der Waals surface area contributed by atoms with Gasteiger partial charge in [-0.15, -0.1) is 11.3 Å². The number of halogens is 3. The molecule has 0 aliphatic rings. The Bertz CT molecular complexity index is 634. The summed E-state index contributed by atoms with van der Waals surface area (Å²) >= 11 is 1.64. The number of nitrogens with one attached hydrogen (secondary N) is 1. The zero-order valence-electron chi connectivity index (χ0n) is 12.0. The summed E-state index contributed by atoms with van der Waals surface area (Å²) in [6.45, 7) is 4.31. The molecule has 0 aliphatic carbocycles. The first-order valence-corrected chi connectivity index (χ1v) is 7.18. The smallest absolute Gasteiger partial charge is 0.418 e. The van der Waals surface area contributed by atoms with Crippen LogP contribution in [0.2, 0.25) is 0 Å². The van der Waals surface area contributed by atoms with Gasteiger partial charge >= 0.3 is 6.18 Å². The molecular weight excluding hydrogens is 299 g/mol. The van der Waals surface area contributed by atoms with E-state index in [0.717, 1.165) is 21.4 Å². The molecule has 0 aliphatic heterocycles. The molecule has 0 spiro atoms. The van der Waals surface area contributed by atoms with Crippen molar-refractivity contribution in [3.8, 4) is 5.75 Å². The van der Waals surface area contributed by atoms with Crippen LogP contribution in [0.4, 0.5) is 18.9 Å². The van der Waals surface area contributed by atoms with Gasteiger partial charge in [0.2, 0.25) is 0 Å². The van der Waals surface area contributed by atoms with Crippen molar-refractivity contribution in [1.82, 2.24) is 0 Å². The third kappa shape index (κ3) is 3.69. The molecule has 2 rings (SSSR count). The predicted molar refractivity (Wildman–Crippen MR) is 79.1 cm³/mol. The molecular formula is C15H16F3NOS. The van der Waals surface area contributed by atoms with E-state index in [1.54, 1.807) is 11.3 Å². The number of alkyl halides is 3. The van der Waals surface area contributed by atoms with E-state index in [9.17, 15) is 13.2 Å². The summed E-state index contributed by atoms with van der Waals surface area (Å²) in [5, 5.41) is 2.87. The molecule has 0 unspecified atom stereocenters. The van der Waals surface area contributed by atoms with Gasteiger partial charge in [-0.05, 0) is 43.7 Å². The van der Waals surface area contributed by atoms with Crippen LogP contribution in [0.5, 0.6) is 5.75 Å². The third-order valence-electron chi connectivity index (χ3n) is 3.15. The third-order valence-corrected chi connectivity index (χ3v) is 4.15. The second-order valence-corrected chi connectivity index (χ2v) is 6.16. The first-order chi connectivity index (χ1) is 9.81. The first kappa shape index (κ1) is 15.7. The van der Waals surface area contributed by atoms with Gasteiger partial charge in [-0.3, -0.25) is 0 Å². The van der Waals surface area contributed by atoms with Crippen molar-refractivity contribution in [3.05, 3.63) is 45.1 Å². The van der Waals surface area contributed by atoms with Gasteiger partial charge in [0, 0.05) is 22.0 Å². The first-order valence-electron chi connectivity index (χ1n) is 6.36. The van der Waals surface area contributed by atoms with Crippen LogP contribution >= 0.6 is 11.3 Å². The minimum Gasteiger partial charge on any atom is -0.497 e. The molecule has 6 heteroatoms. The molecule has 1 aromatic carbocycles. The van der Waals surface area contributed by atoms with Crippen molar-refractivity contribution in [2.24, 2.45) is 0 Å². The maximum atomic E-state index is 13.1. The monoisotopic (exact) mass is 315 g/mol. The molecule has 1 heterocycles. The van der Waals surface area contributed by atoms with Gasteiger partial charge in [-0.2, -0.15) is 13.2 Å². The number of rotatable bonds is 4. The molecule has 1 aromatic heterocycles. The normalized spacial score (nSPS) is 11.5. The van der Waals surface area contributed by atoms with Crippen molar-refractivity contribution in [2.45, 2.75) is 26.6 Å². The summed E-state index contributed by atoms with van der Waals surface area (Å²) in [6.07, 6.45) is -4.42. The Labute approximate surface area is 125 Å². The zero-order chi connectivity index (χ0) is 15.6. The molecule has 2 nitrogen and oxygen atoms in total. The summed E-state index contributed by atoms with van der Waals surface area (Å²) in [6, 6.07) is 5.91. The van der Waals surface area contributed by atoms with Crippen molar-refractivity contribution in [3.63, 3.8) is 0 Å². The molecule has 0 bridgehead atoms. The predicted octanol–water partition coefficient (Wildman–Crippen LogP) is 5.00. The molecule has 0 radical (unpaired) electrons. The van der Waals surface area contributed by atoms with Crippen molar-refractivity contribution < 1.29 is 17.9 Å². The van der Waals surface area contributed by atoms with E-state index in [1.165, 1.54) is 19.2 Å². The fourth-order valence-corrected chi connectivity index (χ4v) is 3.03. The Hall–Kier alpha value is -1.69. The van der Waals surface area contributed by atoms with Gasteiger partial charge < -0.3 is 10.1 Å². The van der Waals surface area contributed by atoms with E-state index in [4.69, 9.17) is 4.74 Å². The molecule has 2 aromatic rings. The molecule has 0 atom stereocenters. The fourth-order valence-electron chi connectivity index (χ4n) is 2.09. The number of anilines is 1.